The monoisotopic (exact) mass is 408 g/mol. The van der Waals surface area contributed by atoms with Crippen LogP contribution in [0.25, 0.3) is 0 Å². The SMILES string of the molecule is Fc1c(Cl)cccc1CC(CCl)(CCl)c1cccc(Br)c1. The average molecular weight is 411 g/mol. The Morgan fingerprint density at radius 1 is 1.05 bits per heavy atom. The standard InChI is InChI=1S/C16H13BrCl3F/c17-13-5-2-4-12(7-13)16(9-18,10-19)8-11-3-1-6-14(20)15(11)21/h1-7H,8-10H2. The van der Waals surface area contributed by atoms with Crippen molar-refractivity contribution in [1.29, 1.82) is 0 Å². The highest BCUT2D eigenvalue weighted by molar-refractivity contribution is 9.10. The molecule has 21 heavy (non-hydrogen) atoms. The first-order valence-corrected chi connectivity index (χ1v) is 8.57. The molecule has 0 N–H and O–H groups in total. The van der Waals surface area contributed by atoms with Crippen molar-refractivity contribution < 1.29 is 4.39 Å². The van der Waals surface area contributed by atoms with E-state index < -0.39 is 11.2 Å². The summed E-state index contributed by atoms with van der Waals surface area (Å²) < 4.78 is 15.1. The van der Waals surface area contributed by atoms with E-state index in [1.54, 1.807) is 12.1 Å². The third-order valence-corrected chi connectivity index (χ3v) is 5.32. The van der Waals surface area contributed by atoms with Gasteiger partial charge in [-0.1, -0.05) is 51.8 Å². The van der Waals surface area contributed by atoms with Crippen LogP contribution in [0.3, 0.4) is 0 Å². The van der Waals surface area contributed by atoms with Gasteiger partial charge in [-0.05, 0) is 35.7 Å². The molecule has 112 valence electrons. The summed E-state index contributed by atoms with van der Waals surface area (Å²) in [6.45, 7) is 0. The molecular weight excluding hydrogens is 397 g/mol. The quantitative estimate of drug-likeness (QED) is 0.515. The molecule has 0 fully saturated rings. The maximum Gasteiger partial charge on any atom is 0.145 e. The lowest BCUT2D eigenvalue weighted by atomic mass is 9.78. The van der Waals surface area contributed by atoms with Crippen LogP contribution in [0, 0.1) is 5.82 Å². The summed E-state index contributed by atoms with van der Waals surface area (Å²) >= 11 is 21.7. The zero-order valence-corrected chi connectivity index (χ0v) is 14.9. The molecule has 0 nitrogen and oxygen atoms in total. The Morgan fingerprint density at radius 2 is 1.71 bits per heavy atom. The van der Waals surface area contributed by atoms with Gasteiger partial charge < -0.3 is 0 Å². The van der Waals surface area contributed by atoms with E-state index in [1.807, 2.05) is 24.3 Å². The van der Waals surface area contributed by atoms with E-state index in [9.17, 15) is 4.39 Å². The Morgan fingerprint density at radius 3 is 2.33 bits per heavy atom. The number of hydrogen-bond acceptors (Lipinski definition) is 0. The predicted molar refractivity (Wildman–Crippen MR) is 92.4 cm³/mol. The van der Waals surface area contributed by atoms with E-state index in [2.05, 4.69) is 15.9 Å². The third kappa shape index (κ3) is 3.73. The third-order valence-electron chi connectivity index (χ3n) is 3.51. The molecule has 2 aromatic carbocycles. The molecule has 0 aliphatic heterocycles. The summed E-state index contributed by atoms with van der Waals surface area (Å²) in [5, 5.41) is 0.111. The van der Waals surface area contributed by atoms with Gasteiger partial charge in [0.2, 0.25) is 0 Å². The van der Waals surface area contributed by atoms with Crippen molar-refractivity contribution in [2.45, 2.75) is 11.8 Å². The lowest BCUT2D eigenvalue weighted by Crippen LogP contribution is -2.33. The maximum atomic E-state index is 14.2. The number of rotatable bonds is 5. The minimum Gasteiger partial charge on any atom is -0.205 e. The molecule has 0 aliphatic rings. The van der Waals surface area contributed by atoms with E-state index >= 15 is 0 Å². The summed E-state index contributed by atoms with van der Waals surface area (Å²) in [5.74, 6) is 0.173. The molecule has 0 saturated carbocycles. The summed E-state index contributed by atoms with van der Waals surface area (Å²) in [6.07, 6.45) is 0.392. The molecule has 2 rings (SSSR count). The van der Waals surface area contributed by atoms with Gasteiger partial charge in [-0.2, -0.15) is 0 Å². The van der Waals surface area contributed by atoms with Gasteiger partial charge >= 0.3 is 0 Å². The lowest BCUT2D eigenvalue weighted by Gasteiger charge is -2.31. The molecule has 0 aliphatic carbocycles. The van der Waals surface area contributed by atoms with E-state index in [0.717, 1.165) is 10.0 Å². The molecule has 0 saturated heterocycles. The fourth-order valence-electron chi connectivity index (χ4n) is 2.25. The Kier molecular flexibility index (Phi) is 5.96. The normalized spacial score (nSPS) is 11.7. The van der Waals surface area contributed by atoms with E-state index in [-0.39, 0.29) is 5.02 Å². The Hall–Kier alpha value is -0.280. The molecule has 5 heteroatoms. The molecule has 0 unspecified atom stereocenters. The van der Waals surface area contributed by atoms with Crippen LogP contribution < -0.4 is 0 Å². The van der Waals surface area contributed by atoms with Crippen molar-refractivity contribution in [3.63, 3.8) is 0 Å². The van der Waals surface area contributed by atoms with Crippen molar-refractivity contribution >= 4 is 50.7 Å². The van der Waals surface area contributed by atoms with Crippen LogP contribution in [0.4, 0.5) is 4.39 Å². The van der Waals surface area contributed by atoms with Crippen LogP contribution >= 0.6 is 50.7 Å². The highest BCUT2D eigenvalue weighted by atomic mass is 79.9. The van der Waals surface area contributed by atoms with Crippen molar-refractivity contribution in [3.8, 4) is 0 Å². The van der Waals surface area contributed by atoms with Gasteiger partial charge in [0.25, 0.3) is 0 Å². The average Bonchev–Trinajstić information content (AvgIpc) is 2.49. The predicted octanol–water partition coefficient (Wildman–Crippen LogP) is 6.20. The zero-order chi connectivity index (χ0) is 15.5. The van der Waals surface area contributed by atoms with Gasteiger partial charge in [0.1, 0.15) is 5.82 Å². The molecule has 0 spiro atoms. The van der Waals surface area contributed by atoms with Crippen molar-refractivity contribution in [1.82, 2.24) is 0 Å². The Balaban J connectivity index is 2.45. The van der Waals surface area contributed by atoms with Gasteiger partial charge in [0.15, 0.2) is 0 Å². The minimum atomic E-state index is -0.543. The van der Waals surface area contributed by atoms with E-state index in [4.69, 9.17) is 34.8 Å². The maximum absolute atomic E-state index is 14.2. The highest BCUT2D eigenvalue weighted by Gasteiger charge is 2.32. The highest BCUT2D eigenvalue weighted by Crippen LogP contribution is 2.34. The summed E-state index contributed by atoms with van der Waals surface area (Å²) in [4.78, 5) is 0. The molecule has 0 atom stereocenters. The number of halogens is 5. The molecule has 0 bridgehead atoms. The molecule has 2 aromatic rings. The largest absolute Gasteiger partial charge is 0.205 e. The number of hydrogen-bond donors (Lipinski definition) is 0. The first-order valence-electron chi connectivity index (χ1n) is 6.33. The van der Waals surface area contributed by atoms with Crippen molar-refractivity contribution in [2.75, 3.05) is 11.8 Å². The van der Waals surface area contributed by atoms with Crippen LogP contribution in [0.2, 0.25) is 5.02 Å². The number of benzene rings is 2. The fourth-order valence-corrected chi connectivity index (χ4v) is 3.63. The summed E-state index contributed by atoms with van der Waals surface area (Å²) in [5.41, 5.74) is 0.948. The second kappa shape index (κ2) is 7.32. The first kappa shape index (κ1) is 17.1. The van der Waals surface area contributed by atoms with Gasteiger partial charge in [0, 0.05) is 21.6 Å². The first-order chi connectivity index (χ1) is 10.0. The topological polar surface area (TPSA) is 0 Å². The second-order valence-electron chi connectivity index (χ2n) is 4.95. The van der Waals surface area contributed by atoms with Crippen LogP contribution in [0.5, 0.6) is 0 Å². The molecule has 0 heterocycles. The summed E-state index contributed by atoms with van der Waals surface area (Å²) in [6, 6.07) is 12.7. The van der Waals surface area contributed by atoms with Crippen LogP contribution in [0.15, 0.2) is 46.9 Å². The molecule has 0 aromatic heterocycles. The van der Waals surface area contributed by atoms with E-state index in [0.29, 0.717) is 23.7 Å². The van der Waals surface area contributed by atoms with E-state index in [1.165, 1.54) is 6.07 Å². The van der Waals surface area contributed by atoms with Gasteiger partial charge in [0.05, 0.1) is 5.02 Å². The molecule has 0 radical (unpaired) electrons. The molecule has 0 amide bonds. The van der Waals surface area contributed by atoms with Crippen LogP contribution in [0.1, 0.15) is 11.1 Å². The van der Waals surface area contributed by atoms with Crippen molar-refractivity contribution in [2.24, 2.45) is 0 Å². The summed E-state index contributed by atoms with van der Waals surface area (Å²) in [7, 11) is 0. The zero-order valence-electron chi connectivity index (χ0n) is 11.1. The Bertz CT molecular complexity index is 627. The smallest absolute Gasteiger partial charge is 0.145 e. The minimum absolute atomic E-state index is 0.111. The lowest BCUT2D eigenvalue weighted by molar-refractivity contribution is 0.512. The van der Waals surface area contributed by atoms with Crippen molar-refractivity contribution in [3.05, 3.63) is 68.9 Å². The van der Waals surface area contributed by atoms with Crippen LogP contribution in [-0.4, -0.2) is 11.8 Å². The fraction of sp³-hybridized carbons (Fsp3) is 0.250. The Labute approximate surface area is 147 Å². The van der Waals surface area contributed by atoms with Gasteiger partial charge in [-0.25, -0.2) is 4.39 Å². The molecular formula is C16H13BrCl3F. The van der Waals surface area contributed by atoms with Crippen LogP contribution in [-0.2, 0) is 11.8 Å². The second-order valence-corrected chi connectivity index (χ2v) is 6.81. The van der Waals surface area contributed by atoms with Gasteiger partial charge in [-0.15, -0.1) is 23.2 Å². The van der Waals surface area contributed by atoms with Gasteiger partial charge in [-0.3, -0.25) is 0 Å². The number of alkyl halides is 2.